The molecule has 0 saturated carbocycles. The lowest BCUT2D eigenvalue weighted by Crippen LogP contribution is -1.94. The zero-order valence-corrected chi connectivity index (χ0v) is 12.7. The summed E-state index contributed by atoms with van der Waals surface area (Å²) in [6.45, 7) is 1.76. The minimum atomic E-state index is -0.223. The van der Waals surface area contributed by atoms with E-state index >= 15 is 0 Å². The van der Waals surface area contributed by atoms with Gasteiger partial charge in [-0.25, -0.2) is 4.39 Å². The summed E-state index contributed by atoms with van der Waals surface area (Å²) in [6, 6.07) is 11.4. The maximum atomic E-state index is 13.6. The number of benzene rings is 2. The average molecular weight is 304 g/mol. The van der Waals surface area contributed by atoms with Crippen LogP contribution >= 0.6 is 24.0 Å². The normalized spacial score (nSPS) is 11.2. The molecule has 3 rings (SSSR count). The standard InChI is InChI=1S/C15H13FN2S2/c1-9-6-14-13(8-12(9)16)17-15(19)18(14)10-4-3-5-11(7-10)20-2/h3-8H,1-2H3,(H,17,19). The van der Waals surface area contributed by atoms with E-state index in [1.807, 2.05) is 29.0 Å². The van der Waals surface area contributed by atoms with Crippen molar-refractivity contribution in [3.63, 3.8) is 0 Å². The number of fused-ring (bicyclic) bond motifs is 1. The molecule has 2 aromatic carbocycles. The lowest BCUT2D eigenvalue weighted by atomic mass is 10.2. The van der Waals surface area contributed by atoms with E-state index in [0.717, 1.165) is 16.1 Å². The second-order valence-electron chi connectivity index (χ2n) is 4.59. The van der Waals surface area contributed by atoms with Crippen molar-refractivity contribution in [3.05, 3.63) is 52.5 Å². The first kappa shape index (κ1) is 13.4. The van der Waals surface area contributed by atoms with E-state index in [-0.39, 0.29) is 5.82 Å². The van der Waals surface area contributed by atoms with Crippen molar-refractivity contribution >= 4 is 35.0 Å². The van der Waals surface area contributed by atoms with Crippen molar-refractivity contribution in [2.24, 2.45) is 0 Å². The molecule has 0 aliphatic carbocycles. The van der Waals surface area contributed by atoms with Gasteiger partial charge in [0.25, 0.3) is 0 Å². The molecule has 1 aromatic heterocycles. The molecule has 0 radical (unpaired) electrons. The summed E-state index contributed by atoms with van der Waals surface area (Å²) < 4.78 is 16.2. The summed E-state index contributed by atoms with van der Waals surface area (Å²) in [4.78, 5) is 4.23. The lowest BCUT2D eigenvalue weighted by molar-refractivity contribution is 0.620. The van der Waals surface area contributed by atoms with Gasteiger partial charge < -0.3 is 4.98 Å². The third-order valence-electron chi connectivity index (χ3n) is 3.27. The van der Waals surface area contributed by atoms with Gasteiger partial charge in [-0.05, 0) is 61.3 Å². The molecule has 0 saturated heterocycles. The van der Waals surface area contributed by atoms with Gasteiger partial charge in [-0.15, -0.1) is 11.8 Å². The lowest BCUT2D eigenvalue weighted by Gasteiger charge is -2.07. The largest absolute Gasteiger partial charge is 0.330 e. The quantitative estimate of drug-likeness (QED) is 0.539. The first-order valence-corrected chi connectivity index (χ1v) is 7.79. The van der Waals surface area contributed by atoms with Crippen LogP contribution in [-0.4, -0.2) is 15.8 Å². The average Bonchev–Trinajstić information content (AvgIpc) is 2.74. The number of H-pyrrole nitrogens is 1. The van der Waals surface area contributed by atoms with Crippen LogP contribution in [0.15, 0.2) is 41.3 Å². The van der Waals surface area contributed by atoms with Crippen molar-refractivity contribution < 1.29 is 4.39 Å². The molecule has 2 nitrogen and oxygen atoms in total. The highest BCUT2D eigenvalue weighted by Gasteiger charge is 2.09. The molecule has 0 aliphatic rings. The van der Waals surface area contributed by atoms with E-state index in [1.165, 1.54) is 6.07 Å². The summed E-state index contributed by atoms with van der Waals surface area (Å²) in [5.74, 6) is -0.223. The summed E-state index contributed by atoms with van der Waals surface area (Å²) in [5.41, 5.74) is 3.21. The molecule has 0 spiro atoms. The van der Waals surface area contributed by atoms with Gasteiger partial charge in [0.2, 0.25) is 0 Å². The molecular formula is C15H13FN2S2. The SMILES string of the molecule is CSc1cccc(-n2c(=S)[nH]c3cc(F)c(C)cc32)c1. The van der Waals surface area contributed by atoms with E-state index in [0.29, 0.717) is 15.9 Å². The predicted molar refractivity (Wildman–Crippen MR) is 84.9 cm³/mol. The number of thioether (sulfide) groups is 1. The highest BCUT2D eigenvalue weighted by molar-refractivity contribution is 7.98. The second kappa shape index (κ2) is 5.07. The van der Waals surface area contributed by atoms with E-state index in [2.05, 4.69) is 17.1 Å². The van der Waals surface area contributed by atoms with E-state index in [4.69, 9.17) is 12.2 Å². The maximum absolute atomic E-state index is 13.6. The van der Waals surface area contributed by atoms with Crippen LogP contribution in [0.2, 0.25) is 0 Å². The smallest absolute Gasteiger partial charge is 0.182 e. The Morgan fingerprint density at radius 2 is 2.05 bits per heavy atom. The highest BCUT2D eigenvalue weighted by Crippen LogP contribution is 2.25. The van der Waals surface area contributed by atoms with Gasteiger partial charge in [0.05, 0.1) is 11.0 Å². The summed E-state index contributed by atoms with van der Waals surface area (Å²) in [7, 11) is 0. The van der Waals surface area contributed by atoms with Crippen LogP contribution in [-0.2, 0) is 0 Å². The Kier molecular flexibility index (Phi) is 3.40. The third-order valence-corrected chi connectivity index (χ3v) is 4.28. The molecular weight excluding hydrogens is 291 g/mol. The molecule has 102 valence electrons. The van der Waals surface area contributed by atoms with Crippen LogP contribution in [0.1, 0.15) is 5.56 Å². The van der Waals surface area contributed by atoms with E-state index < -0.39 is 0 Å². The molecule has 20 heavy (non-hydrogen) atoms. The number of hydrogen-bond donors (Lipinski definition) is 1. The van der Waals surface area contributed by atoms with Crippen molar-refractivity contribution in [1.82, 2.24) is 9.55 Å². The van der Waals surface area contributed by atoms with Crippen molar-refractivity contribution in [1.29, 1.82) is 0 Å². The zero-order valence-electron chi connectivity index (χ0n) is 11.1. The Hall–Kier alpha value is -1.59. The Morgan fingerprint density at radius 1 is 1.25 bits per heavy atom. The van der Waals surface area contributed by atoms with Crippen LogP contribution in [0.4, 0.5) is 4.39 Å². The first-order chi connectivity index (χ1) is 9.60. The fraction of sp³-hybridized carbons (Fsp3) is 0.133. The van der Waals surface area contributed by atoms with Gasteiger partial charge in [-0.1, -0.05) is 6.07 Å². The van der Waals surface area contributed by atoms with E-state index in [9.17, 15) is 4.39 Å². The Bertz CT molecular complexity index is 849. The van der Waals surface area contributed by atoms with E-state index in [1.54, 1.807) is 18.7 Å². The van der Waals surface area contributed by atoms with Crippen molar-refractivity contribution in [2.75, 3.05) is 6.26 Å². The van der Waals surface area contributed by atoms with Crippen LogP contribution in [0.5, 0.6) is 0 Å². The Morgan fingerprint density at radius 3 is 2.80 bits per heavy atom. The number of nitrogens with one attached hydrogen (secondary N) is 1. The number of imidazole rings is 1. The number of aryl methyl sites for hydroxylation is 1. The molecule has 0 fully saturated rings. The molecule has 0 atom stereocenters. The molecule has 5 heteroatoms. The zero-order chi connectivity index (χ0) is 14.3. The number of halogens is 1. The number of aromatic nitrogens is 2. The molecule has 3 aromatic rings. The number of rotatable bonds is 2. The van der Waals surface area contributed by atoms with Crippen LogP contribution in [0, 0.1) is 17.5 Å². The number of hydrogen-bond acceptors (Lipinski definition) is 2. The minimum absolute atomic E-state index is 0.223. The number of nitrogens with zero attached hydrogens (tertiary/aromatic N) is 1. The number of aromatic amines is 1. The summed E-state index contributed by atoms with van der Waals surface area (Å²) in [5, 5.41) is 0. The molecule has 1 heterocycles. The molecule has 0 aliphatic heterocycles. The molecule has 0 unspecified atom stereocenters. The molecule has 0 amide bonds. The predicted octanol–water partition coefficient (Wildman–Crippen LogP) is 4.86. The highest BCUT2D eigenvalue weighted by atomic mass is 32.2. The van der Waals surface area contributed by atoms with Gasteiger partial charge in [0.15, 0.2) is 4.77 Å². The third kappa shape index (κ3) is 2.17. The van der Waals surface area contributed by atoms with Crippen molar-refractivity contribution in [3.8, 4) is 5.69 Å². The van der Waals surface area contributed by atoms with Gasteiger partial charge in [-0.2, -0.15) is 0 Å². The van der Waals surface area contributed by atoms with Gasteiger partial charge in [0, 0.05) is 10.6 Å². The van der Waals surface area contributed by atoms with Gasteiger partial charge in [0.1, 0.15) is 5.82 Å². The maximum Gasteiger partial charge on any atom is 0.182 e. The fourth-order valence-corrected chi connectivity index (χ4v) is 3.00. The fourth-order valence-electron chi connectivity index (χ4n) is 2.24. The molecule has 0 bridgehead atoms. The summed E-state index contributed by atoms with van der Waals surface area (Å²) >= 11 is 7.06. The first-order valence-electron chi connectivity index (χ1n) is 6.15. The minimum Gasteiger partial charge on any atom is -0.330 e. The summed E-state index contributed by atoms with van der Waals surface area (Å²) in [6.07, 6.45) is 2.03. The van der Waals surface area contributed by atoms with Crippen LogP contribution in [0.25, 0.3) is 16.7 Å². The monoisotopic (exact) mass is 304 g/mol. The topological polar surface area (TPSA) is 20.7 Å². The Balaban J connectivity index is 2.32. The van der Waals surface area contributed by atoms with Crippen LogP contribution in [0.3, 0.4) is 0 Å². The molecule has 1 N–H and O–H groups in total. The van der Waals surface area contributed by atoms with Gasteiger partial charge in [-0.3, -0.25) is 4.57 Å². The van der Waals surface area contributed by atoms with Crippen LogP contribution < -0.4 is 0 Å². The second-order valence-corrected chi connectivity index (χ2v) is 5.85. The van der Waals surface area contributed by atoms with Gasteiger partial charge >= 0.3 is 0 Å². The van der Waals surface area contributed by atoms with Crippen molar-refractivity contribution in [2.45, 2.75) is 11.8 Å². The Labute approximate surface area is 125 Å².